The van der Waals surface area contributed by atoms with Crippen molar-refractivity contribution in [3.63, 3.8) is 0 Å². The predicted molar refractivity (Wildman–Crippen MR) is 183 cm³/mol. The van der Waals surface area contributed by atoms with Gasteiger partial charge in [0, 0.05) is 24.0 Å². The van der Waals surface area contributed by atoms with Crippen molar-refractivity contribution < 1.29 is 18.0 Å². The van der Waals surface area contributed by atoms with E-state index >= 15 is 0 Å². The highest BCUT2D eigenvalue weighted by Gasteiger charge is 2.35. The molecular formula is C37H40ClN3O4S. The van der Waals surface area contributed by atoms with Crippen molar-refractivity contribution in [2.24, 2.45) is 0 Å². The number of benzene rings is 4. The van der Waals surface area contributed by atoms with Crippen LogP contribution in [-0.2, 0) is 32.6 Å². The van der Waals surface area contributed by atoms with Crippen molar-refractivity contribution in [3.8, 4) is 0 Å². The van der Waals surface area contributed by atoms with E-state index in [2.05, 4.69) is 5.32 Å². The molecule has 0 radical (unpaired) electrons. The summed E-state index contributed by atoms with van der Waals surface area (Å²) in [4.78, 5) is 30.3. The van der Waals surface area contributed by atoms with Crippen LogP contribution in [0.1, 0.15) is 48.8 Å². The molecule has 4 aromatic rings. The number of nitrogens with one attached hydrogen (secondary N) is 1. The van der Waals surface area contributed by atoms with Crippen molar-refractivity contribution in [2.45, 2.75) is 69.0 Å². The molecular weight excluding hydrogens is 618 g/mol. The van der Waals surface area contributed by atoms with Gasteiger partial charge in [-0.1, -0.05) is 115 Å². The Morgan fingerprint density at radius 1 is 0.826 bits per heavy atom. The number of rotatable bonds is 12. The third kappa shape index (κ3) is 8.56. The fourth-order valence-electron chi connectivity index (χ4n) is 5.88. The summed E-state index contributed by atoms with van der Waals surface area (Å²) in [6, 6.07) is 31.2. The first-order chi connectivity index (χ1) is 22.2. The molecule has 0 aliphatic heterocycles. The van der Waals surface area contributed by atoms with Gasteiger partial charge in [0.1, 0.15) is 12.6 Å². The highest BCUT2D eigenvalue weighted by molar-refractivity contribution is 7.92. The van der Waals surface area contributed by atoms with Crippen LogP contribution in [-0.4, -0.2) is 43.8 Å². The van der Waals surface area contributed by atoms with Crippen molar-refractivity contribution in [1.29, 1.82) is 0 Å². The number of anilines is 1. The zero-order valence-corrected chi connectivity index (χ0v) is 27.6. The van der Waals surface area contributed by atoms with Gasteiger partial charge in [-0.05, 0) is 61.2 Å². The zero-order valence-electron chi connectivity index (χ0n) is 26.0. The first kappa shape index (κ1) is 33.2. The van der Waals surface area contributed by atoms with Gasteiger partial charge in [0.05, 0.1) is 10.6 Å². The van der Waals surface area contributed by atoms with Gasteiger partial charge in [-0.3, -0.25) is 13.9 Å². The van der Waals surface area contributed by atoms with Gasteiger partial charge in [-0.25, -0.2) is 8.42 Å². The first-order valence-corrected chi connectivity index (χ1v) is 17.6. The van der Waals surface area contributed by atoms with Crippen LogP contribution in [0.25, 0.3) is 0 Å². The Kier molecular flexibility index (Phi) is 11.1. The lowest BCUT2D eigenvalue weighted by Gasteiger charge is -2.35. The van der Waals surface area contributed by atoms with Crippen LogP contribution in [0.5, 0.6) is 0 Å². The Morgan fingerprint density at radius 3 is 2.09 bits per heavy atom. The fourth-order valence-corrected chi connectivity index (χ4v) is 7.47. The highest BCUT2D eigenvalue weighted by atomic mass is 35.5. The molecule has 0 heterocycles. The van der Waals surface area contributed by atoms with Gasteiger partial charge in [0.2, 0.25) is 11.8 Å². The van der Waals surface area contributed by atoms with Gasteiger partial charge >= 0.3 is 0 Å². The van der Waals surface area contributed by atoms with Crippen LogP contribution in [0.3, 0.4) is 0 Å². The Bertz CT molecular complexity index is 1710. The summed E-state index contributed by atoms with van der Waals surface area (Å²) in [5.41, 5.74) is 2.89. The molecule has 1 unspecified atom stereocenters. The second-order valence-electron chi connectivity index (χ2n) is 11.9. The maximum atomic E-state index is 14.6. The van der Waals surface area contributed by atoms with Crippen molar-refractivity contribution in [3.05, 3.63) is 131 Å². The third-order valence-corrected chi connectivity index (χ3v) is 10.4. The number of hydrogen-bond donors (Lipinski definition) is 1. The minimum Gasteiger partial charge on any atom is -0.352 e. The molecule has 5 rings (SSSR count). The largest absolute Gasteiger partial charge is 0.352 e. The SMILES string of the molecule is Cc1ccc(S(=O)(=O)N(CC(=O)N(Cc2ccccc2)C(Cc2ccccc2)C(=O)NC2CCCCC2)c2cccc(Cl)c2)cc1. The summed E-state index contributed by atoms with van der Waals surface area (Å²) in [7, 11) is -4.19. The highest BCUT2D eigenvalue weighted by Crippen LogP contribution is 2.28. The summed E-state index contributed by atoms with van der Waals surface area (Å²) in [6.45, 7) is 1.48. The number of carbonyl (C=O) groups is 2. The van der Waals surface area contributed by atoms with Gasteiger partial charge in [-0.2, -0.15) is 0 Å². The molecule has 2 amide bonds. The molecule has 46 heavy (non-hydrogen) atoms. The van der Waals surface area contributed by atoms with Gasteiger partial charge in [0.25, 0.3) is 10.0 Å². The maximum absolute atomic E-state index is 14.6. The maximum Gasteiger partial charge on any atom is 0.264 e. The van der Waals surface area contributed by atoms with E-state index in [1.807, 2.05) is 67.6 Å². The summed E-state index contributed by atoms with van der Waals surface area (Å²) in [5.74, 6) is -0.741. The van der Waals surface area contributed by atoms with E-state index < -0.39 is 28.5 Å². The van der Waals surface area contributed by atoms with E-state index in [1.54, 1.807) is 30.3 Å². The molecule has 0 aromatic heterocycles. The van der Waals surface area contributed by atoms with Crippen LogP contribution < -0.4 is 9.62 Å². The van der Waals surface area contributed by atoms with E-state index in [0.717, 1.165) is 53.1 Å². The molecule has 0 spiro atoms. The van der Waals surface area contributed by atoms with Gasteiger partial charge < -0.3 is 10.2 Å². The van der Waals surface area contributed by atoms with E-state index in [1.165, 1.54) is 23.1 Å². The molecule has 1 fully saturated rings. The number of nitrogens with zero attached hydrogens (tertiary/aromatic N) is 2. The van der Waals surface area contributed by atoms with Gasteiger partial charge in [-0.15, -0.1) is 0 Å². The molecule has 1 aliphatic carbocycles. The summed E-state index contributed by atoms with van der Waals surface area (Å²) >= 11 is 6.32. The second-order valence-corrected chi connectivity index (χ2v) is 14.2. The van der Waals surface area contributed by atoms with Crippen LogP contribution in [0, 0.1) is 6.92 Å². The first-order valence-electron chi connectivity index (χ1n) is 15.7. The molecule has 1 aliphatic rings. The number of amides is 2. The molecule has 1 saturated carbocycles. The van der Waals surface area contributed by atoms with Crippen molar-refractivity contribution in [2.75, 3.05) is 10.8 Å². The Balaban J connectivity index is 1.55. The zero-order chi connectivity index (χ0) is 32.5. The Labute approximate surface area is 277 Å². The lowest BCUT2D eigenvalue weighted by Crippen LogP contribution is -2.55. The topological polar surface area (TPSA) is 86.8 Å². The minimum absolute atomic E-state index is 0.0399. The third-order valence-electron chi connectivity index (χ3n) is 8.40. The van der Waals surface area contributed by atoms with Crippen LogP contribution >= 0.6 is 11.6 Å². The molecule has 1 atom stereocenters. The lowest BCUT2D eigenvalue weighted by atomic mass is 9.94. The van der Waals surface area contributed by atoms with E-state index in [9.17, 15) is 18.0 Å². The summed E-state index contributed by atoms with van der Waals surface area (Å²) in [5, 5.41) is 3.57. The van der Waals surface area contributed by atoms with E-state index in [0.29, 0.717) is 5.02 Å². The number of carbonyl (C=O) groups excluding carboxylic acids is 2. The quantitative estimate of drug-likeness (QED) is 0.179. The average molecular weight is 658 g/mol. The van der Waals surface area contributed by atoms with E-state index in [-0.39, 0.29) is 35.5 Å². The normalized spacial score (nSPS) is 14.3. The van der Waals surface area contributed by atoms with Crippen LogP contribution in [0.2, 0.25) is 5.02 Å². The summed E-state index contributed by atoms with van der Waals surface area (Å²) in [6.07, 6.45) is 5.31. The second kappa shape index (κ2) is 15.4. The smallest absolute Gasteiger partial charge is 0.264 e. The van der Waals surface area contributed by atoms with Gasteiger partial charge in [0.15, 0.2) is 0 Å². The molecule has 240 valence electrons. The minimum atomic E-state index is -4.19. The number of hydrogen-bond acceptors (Lipinski definition) is 4. The Morgan fingerprint density at radius 2 is 1.46 bits per heavy atom. The van der Waals surface area contributed by atoms with Crippen molar-refractivity contribution in [1.82, 2.24) is 10.2 Å². The standard InChI is InChI=1S/C37H40ClN3O4S/c1-28-20-22-34(23-21-28)46(44,45)41(33-19-11-16-31(38)25-33)27-36(42)40(26-30-14-7-3-8-15-30)35(24-29-12-5-2-6-13-29)37(43)39-32-17-9-4-10-18-32/h2-3,5-8,11-16,19-23,25,32,35H,4,9-10,17-18,24,26-27H2,1H3,(H,39,43). The molecule has 1 N–H and O–H groups in total. The van der Waals surface area contributed by atoms with E-state index in [4.69, 9.17) is 11.6 Å². The molecule has 9 heteroatoms. The van der Waals surface area contributed by atoms with Crippen molar-refractivity contribution >= 4 is 39.1 Å². The van der Waals surface area contributed by atoms with Crippen LogP contribution in [0.4, 0.5) is 5.69 Å². The fraction of sp³-hybridized carbons (Fsp3) is 0.297. The number of sulfonamides is 1. The van der Waals surface area contributed by atoms with Crippen LogP contribution in [0.15, 0.2) is 114 Å². The molecule has 4 aromatic carbocycles. The predicted octanol–water partition coefficient (Wildman–Crippen LogP) is 6.93. The molecule has 0 bridgehead atoms. The summed E-state index contributed by atoms with van der Waals surface area (Å²) < 4.78 is 29.4. The molecule has 0 saturated heterocycles. The molecule has 7 nitrogen and oxygen atoms in total. The number of halogens is 1. The monoisotopic (exact) mass is 657 g/mol. The lowest BCUT2D eigenvalue weighted by molar-refractivity contribution is -0.140. The average Bonchev–Trinajstić information content (AvgIpc) is 3.06. The Hall–Kier alpha value is -4.14. The number of aryl methyl sites for hydroxylation is 1.